The minimum atomic E-state index is -0.0890. The summed E-state index contributed by atoms with van der Waals surface area (Å²) in [6.07, 6.45) is 0. The number of hydrogen-bond donors (Lipinski definition) is 1. The van der Waals surface area contributed by atoms with Crippen molar-refractivity contribution in [1.82, 2.24) is 15.0 Å². The van der Waals surface area contributed by atoms with Crippen LogP contribution in [-0.2, 0) is 11.2 Å². The van der Waals surface area contributed by atoms with Crippen molar-refractivity contribution in [3.63, 3.8) is 0 Å². The molecule has 4 nitrogen and oxygen atoms in total. The van der Waals surface area contributed by atoms with E-state index in [0.717, 1.165) is 17.4 Å². The van der Waals surface area contributed by atoms with E-state index in [4.69, 9.17) is 5.73 Å². The van der Waals surface area contributed by atoms with E-state index in [1.54, 1.807) is 11.8 Å². The minimum Gasteiger partial charge on any atom is -0.368 e. The standard InChI is InChI=1S/C11H20N4S/c1-7(2)16-6-8-13-9(11(3,4)5)15-10(12)14-8/h7H,6H2,1-5H3,(H2,12,13,14,15). The van der Waals surface area contributed by atoms with Crippen molar-refractivity contribution in [2.24, 2.45) is 0 Å². The molecule has 1 aromatic heterocycles. The summed E-state index contributed by atoms with van der Waals surface area (Å²) in [6.45, 7) is 10.5. The van der Waals surface area contributed by atoms with E-state index in [0.29, 0.717) is 11.2 Å². The van der Waals surface area contributed by atoms with Gasteiger partial charge >= 0.3 is 0 Å². The predicted molar refractivity (Wildman–Crippen MR) is 69.4 cm³/mol. The van der Waals surface area contributed by atoms with Crippen LogP contribution in [0.4, 0.5) is 5.95 Å². The first-order chi connectivity index (χ1) is 7.29. The summed E-state index contributed by atoms with van der Waals surface area (Å²) in [5.41, 5.74) is 5.60. The molecule has 16 heavy (non-hydrogen) atoms. The van der Waals surface area contributed by atoms with Crippen LogP contribution in [0.15, 0.2) is 0 Å². The SMILES string of the molecule is CC(C)SCc1nc(N)nc(C(C)(C)C)n1. The Labute approximate surface area is 101 Å². The van der Waals surface area contributed by atoms with Gasteiger partial charge in [-0.05, 0) is 5.25 Å². The Balaban J connectivity index is 2.90. The van der Waals surface area contributed by atoms with Crippen molar-refractivity contribution in [2.45, 2.75) is 51.0 Å². The molecule has 1 heterocycles. The molecular formula is C11H20N4S. The van der Waals surface area contributed by atoms with Crippen LogP contribution in [0, 0.1) is 0 Å². The van der Waals surface area contributed by atoms with E-state index < -0.39 is 0 Å². The van der Waals surface area contributed by atoms with E-state index >= 15 is 0 Å². The molecule has 0 bridgehead atoms. The fourth-order valence-corrected chi connectivity index (χ4v) is 1.69. The zero-order valence-electron chi connectivity index (χ0n) is 10.6. The fraction of sp³-hybridized carbons (Fsp3) is 0.727. The van der Waals surface area contributed by atoms with Gasteiger partial charge in [-0.1, -0.05) is 34.6 Å². The Morgan fingerprint density at radius 1 is 1.19 bits per heavy atom. The van der Waals surface area contributed by atoms with Gasteiger partial charge < -0.3 is 5.73 Å². The first-order valence-electron chi connectivity index (χ1n) is 5.41. The van der Waals surface area contributed by atoms with Crippen LogP contribution in [-0.4, -0.2) is 20.2 Å². The first-order valence-corrected chi connectivity index (χ1v) is 6.46. The minimum absolute atomic E-state index is 0.0890. The molecule has 5 heteroatoms. The number of thioether (sulfide) groups is 1. The molecule has 1 rings (SSSR count). The van der Waals surface area contributed by atoms with Crippen LogP contribution in [0.3, 0.4) is 0 Å². The van der Waals surface area contributed by atoms with Crippen molar-refractivity contribution in [1.29, 1.82) is 0 Å². The molecule has 0 aliphatic heterocycles. The van der Waals surface area contributed by atoms with Gasteiger partial charge in [-0.25, -0.2) is 4.98 Å². The molecular weight excluding hydrogens is 220 g/mol. The van der Waals surface area contributed by atoms with Gasteiger partial charge in [0.1, 0.15) is 11.6 Å². The lowest BCUT2D eigenvalue weighted by molar-refractivity contribution is 0.539. The van der Waals surface area contributed by atoms with Gasteiger partial charge in [0.25, 0.3) is 0 Å². The molecule has 0 aliphatic carbocycles. The van der Waals surface area contributed by atoms with Crippen LogP contribution in [0.1, 0.15) is 46.3 Å². The second kappa shape index (κ2) is 4.99. The molecule has 0 saturated heterocycles. The number of rotatable bonds is 3. The van der Waals surface area contributed by atoms with E-state index in [9.17, 15) is 0 Å². The normalized spacial score (nSPS) is 12.1. The molecule has 0 aliphatic rings. The fourth-order valence-electron chi connectivity index (χ4n) is 1.08. The lowest BCUT2D eigenvalue weighted by Gasteiger charge is -2.17. The summed E-state index contributed by atoms with van der Waals surface area (Å²) >= 11 is 1.80. The highest BCUT2D eigenvalue weighted by Gasteiger charge is 2.19. The molecule has 0 fully saturated rings. The quantitative estimate of drug-likeness (QED) is 0.878. The number of nitrogen functional groups attached to an aromatic ring is 1. The maximum absolute atomic E-state index is 5.69. The van der Waals surface area contributed by atoms with Gasteiger partial charge in [-0.15, -0.1) is 0 Å². The smallest absolute Gasteiger partial charge is 0.223 e. The Morgan fingerprint density at radius 3 is 2.31 bits per heavy atom. The molecule has 90 valence electrons. The van der Waals surface area contributed by atoms with Gasteiger partial charge in [0.05, 0.1) is 5.75 Å². The zero-order chi connectivity index (χ0) is 12.3. The van der Waals surface area contributed by atoms with Crippen LogP contribution < -0.4 is 5.73 Å². The van der Waals surface area contributed by atoms with E-state index in [2.05, 4.69) is 49.6 Å². The second-order valence-electron chi connectivity index (χ2n) is 5.04. The molecule has 2 N–H and O–H groups in total. The van der Waals surface area contributed by atoms with Gasteiger partial charge in [0, 0.05) is 5.41 Å². The average Bonchev–Trinajstić information content (AvgIpc) is 2.12. The Morgan fingerprint density at radius 2 is 1.81 bits per heavy atom. The van der Waals surface area contributed by atoms with Gasteiger partial charge in [-0.3, -0.25) is 0 Å². The third-order valence-electron chi connectivity index (χ3n) is 1.92. The van der Waals surface area contributed by atoms with Crippen LogP contribution in [0.2, 0.25) is 0 Å². The molecule has 0 unspecified atom stereocenters. The van der Waals surface area contributed by atoms with Crippen LogP contribution >= 0.6 is 11.8 Å². The molecule has 0 amide bonds. The lowest BCUT2D eigenvalue weighted by atomic mass is 9.96. The second-order valence-corrected chi connectivity index (χ2v) is 6.61. The summed E-state index contributed by atoms with van der Waals surface area (Å²) < 4.78 is 0. The summed E-state index contributed by atoms with van der Waals surface area (Å²) in [7, 11) is 0. The molecule has 0 saturated carbocycles. The molecule has 0 aromatic carbocycles. The number of aromatic nitrogens is 3. The summed E-state index contributed by atoms with van der Waals surface area (Å²) in [5.74, 6) is 2.64. The van der Waals surface area contributed by atoms with E-state index in [-0.39, 0.29) is 5.41 Å². The molecule has 1 aromatic rings. The predicted octanol–water partition coefficient (Wildman–Crippen LogP) is 2.39. The molecule has 0 spiro atoms. The van der Waals surface area contributed by atoms with Gasteiger partial charge in [0.2, 0.25) is 5.95 Å². The highest BCUT2D eigenvalue weighted by atomic mass is 32.2. The highest BCUT2D eigenvalue weighted by Crippen LogP contribution is 2.20. The van der Waals surface area contributed by atoms with Crippen LogP contribution in [0.5, 0.6) is 0 Å². The highest BCUT2D eigenvalue weighted by molar-refractivity contribution is 7.99. The van der Waals surface area contributed by atoms with Crippen molar-refractivity contribution in [2.75, 3.05) is 5.73 Å². The number of anilines is 1. The first kappa shape index (κ1) is 13.2. The van der Waals surface area contributed by atoms with Crippen molar-refractivity contribution >= 4 is 17.7 Å². The number of nitrogens with zero attached hydrogens (tertiary/aromatic N) is 3. The average molecular weight is 240 g/mol. The molecule has 0 atom stereocenters. The maximum atomic E-state index is 5.69. The lowest BCUT2D eigenvalue weighted by Crippen LogP contribution is -2.19. The van der Waals surface area contributed by atoms with E-state index in [1.807, 2.05) is 0 Å². The Kier molecular flexibility index (Phi) is 4.13. The third kappa shape index (κ3) is 3.96. The van der Waals surface area contributed by atoms with Crippen molar-refractivity contribution < 1.29 is 0 Å². The number of hydrogen-bond acceptors (Lipinski definition) is 5. The monoisotopic (exact) mass is 240 g/mol. The largest absolute Gasteiger partial charge is 0.368 e. The third-order valence-corrected chi connectivity index (χ3v) is 3.01. The summed E-state index contributed by atoms with van der Waals surface area (Å²) in [5, 5.41) is 0.566. The summed E-state index contributed by atoms with van der Waals surface area (Å²) in [4.78, 5) is 12.8. The van der Waals surface area contributed by atoms with Gasteiger partial charge in [-0.2, -0.15) is 21.7 Å². The summed E-state index contributed by atoms with van der Waals surface area (Å²) in [6, 6.07) is 0. The maximum Gasteiger partial charge on any atom is 0.223 e. The Bertz CT molecular complexity index is 357. The van der Waals surface area contributed by atoms with Crippen LogP contribution in [0.25, 0.3) is 0 Å². The topological polar surface area (TPSA) is 64.7 Å². The number of nitrogens with two attached hydrogens (primary N) is 1. The Hall–Kier alpha value is -0.840. The van der Waals surface area contributed by atoms with Crippen molar-refractivity contribution in [3.05, 3.63) is 11.6 Å². The zero-order valence-corrected chi connectivity index (χ0v) is 11.4. The molecule has 0 radical (unpaired) electrons. The van der Waals surface area contributed by atoms with E-state index in [1.165, 1.54) is 0 Å². The van der Waals surface area contributed by atoms with Gasteiger partial charge in [0.15, 0.2) is 0 Å². The van der Waals surface area contributed by atoms with Crippen molar-refractivity contribution in [3.8, 4) is 0 Å².